The number of hydrogen-bond acceptors (Lipinski definition) is 5. The van der Waals surface area contributed by atoms with E-state index in [1.165, 1.54) is 0 Å². The number of nitrogens with two attached hydrogens (primary N) is 1. The third-order valence-corrected chi connectivity index (χ3v) is 6.33. The van der Waals surface area contributed by atoms with Crippen molar-refractivity contribution in [3.8, 4) is 11.5 Å². The molecular weight excluding hydrogens is 414 g/mol. The zero-order chi connectivity index (χ0) is 23.0. The van der Waals surface area contributed by atoms with E-state index in [2.05, 4.69) is 15.6 Å². The van der Waals surface area contributed by atoms with Crippen molar-refractivity contribution in [1.29, 1.82) is 0 Å². The van der Waals surface area contributed by atoms with E-state index in [9.17, 15) is 4.79 Å². The number of anilines is 1. The van der Waals surface area contributed by atoms with Gasteiger partial charge in [0.15, 0.2) is 0 Å². The molecule has 4 N–H and O–H groups in total. The van der Waals surface area contributed by atoms with Crippen LogP contribution in [0.25, 0.3) is 10.8 Å². The van der Waals surface area contributed by atoms with Gasteiger partial charge in [0, 0.05) is 18.1 Å². The average Bonchev–Trinajstić information content (AvgIpc) is 3.25. The Morgan fingerprint density at radius 3 is 2.76 bits per heavy atom. The number of carbonyl (C=O) groups is 1. The number of aryl methyl sites for hydroxylation is 1. The smallest absolute Gasteiger partial charge is 0.241 e. The molecule has 0 spiro atoms. The zero-order valence-corrected chi connectivity index (χ0v) is 18.7. The fraction of sp³-hybridized carbons (Fsp3) is 0.231. The Kier molecular flexibility index (Phi) is 5.36. The monoisotopic (exact) mass is 441 g/mol. The van der Waals surface area contributed by atoms with Crippen LogP contribution in [0.15, 0.2) is 73.2 Å². The molecule has 1 aliphatic rings. The van der Waals surface area contributed by atoms with Gasteiger partial charge in [0.05, 0.1) is 29.8 Å². The first-order valence-corrected chi connectivity index (χ1v) is 11.1. The number of fused-ring (bicyclic) bond motifs is 3. The van der Waals surface area contributed by atoms with Crippen LogP contribution in [0.2, 0.25) is 0 Å². The first-order valence-electron chi connectivity index (χ1n) is 11.1. The topological polar surface area (TPSA) is 94.2 Å². The molecule has 7 heteroatoms. The van der Waals surface area contributed by atoms with Crippen molar-refractivity contribution in [2.24, 2.45) is 12.8 Å². The maximum absolute atomic E-state index is 12.9. The van der Waals surface area contributed by atoms with E-state index in [4.69, 9.17) is 10.5 Å². The Bertz CT molecular complexity index is 1330. The van der Waals surface area contributed by atoms with E-state index in [0.29, 0.717) is 24.5 Å². The third kappa shape index (κ3) is 3.97. The number of amides is 1. The van der Waals surface area contributed by atoms with E-state index in [0.717, 1.165) is 27.7 Å². The van der Waals surface area contributed by atoms with Crippen molar-refractivity contribution < 1.29 is 9.53 Å². The Hall–Kier alpha value is -3.68. The maximum Gasteiger partial charge on any atom is 0.241 e. The first-order chi connectivity index (χ1) is 15.9. The van der Waals surface area contributed by atoms with E-state index >= 15 is 0 Å². The predicted octanol–water partition coefficient (Wildman–Crippen LogP) is 3.89. The molecule has 1 aliphatic heterocycles. The van der Waals surface area contributed by atoms with E-state index < -0.39 is 11.6 Å². The van der Waals surface area contributed by atoms with Crippen molar-refractivity contribution in [1.82, 2.24) is 14.9 Å². The third-order valence-electron chi connectivity index (χ3n) is 6.33. The summed E-state index contributed by atoms with van der Waals surface area (Å²) in [6.07, 6.45) is 4.11. The molecule has 4 aromatic rings. The molecule has 33 heavy (non-hydrogen) atoms. The molecule has 2 unspecified atom stereocenters. The van der Waals surface area contributed by atoms with Crippen LogP contribution in [0, 0.1) is 0 Å². The molecule has 0 fully saturated rings. The number of aromatic nitrogens is 2. The van der Waals surface area contributed by atoms with Crippen LogP contribution < -0.4 is 21.1 Å². The maximum atomic E-state index is 12.9. The minimum absolute atomic E-state index is 0.104. The highest BCUT2D eigenvalue weighted by atomic mass is 16.5. The minimum atomic E-state index is -0.819. The van der Waals surface area contributed by atoms with Gasteiger partial charge in [0.25, 0.3) is 0 Å². The zero-order valence-electron chi connectivity index (χ0n) is 18.7. The summed E-state index contributed by atoms with van der Waals surface area (Å²) in [6.45, 7) is 2.40. The van der Waals surface area contributed by atoms with Gasteiger partial charge in [-0.05, 0) is 61.2 Å². The summed E-state index contributed by atoms with van der Waals surface area (Å²) < 4.78 is 8.17. The van der Waals surface area contributed by atoms with Crippen LogP contribution in [0.1, 0.15) is 24.6 Å². The van der Waals surface area contributed by atoms with Gasteiger partial charge in [-0.3, -0.25) is 4.79 Å². The number of imidazole rings is 1. The molecule has 0 saturated carbocycles. The lowest BCUT2D eigenvalue weighted by molar-refractivity contribution is -0.117. The van der Waals surface area contributed by atoms with Crippen molar-refractivity contribution in [2.75, 3.05) is 11.9 Å². The molecule has 0 radical (unpaired) electrons. The number of carbonyl (C=O) groups excluding carboxylic acids is 1. The number of rotatable bonds is 1. The van der Waals surface area contributed by atoms with E-state index in [1.807, 2.05) is 79.2 Å². The summed E-state index contributed by atoms with van der Waals surface area (Å²) in [7, 11) is 1.93. The van der Waals surface area contributed by atoms with Gasteiger partial charge in [-0.1, -0.05) is 30.3 Å². The standard InChI is InChI=1S/C26H27N5O2/c1-17-25(32)30-23-8-3-5-18-9-10-21(14-22(18)23)33-20-7-4-6-19(13-20)26(27,11-12-29-17)24-15-28-16-31(24)2/h3-10,13-17,29H,11-12,27H2,1-2H3,(H,30,32). The van der Waals surface area contributed by atoms with Crippen molar-refractivity contribution in [3.63, 3.8) is 0 Å². The van der Waals surface area contributed by atoms with Crippen LogP contribution in [-0.4, -0.2) is 28.0 Å². The highest BCUT2D eigenvalue weighted by Crippen LogP contribution is 2.35. The number of benzene rings is 3. The molecule has 2 atom stereocenters. The van der Waals surface area contributed by atoms with Gasteiger partial charge in [-0.15, -0.1) is 0 Å². The van der Waals surface area contributed by atoms with Gasteiger partial charge >= 0.3 is 0 Å². The summed E-state index contributed by atoms with van der Waals surface area (Å²) in [6, 6.07) is 19.2. The lowest BCUT2D eigenvalue weighted by atomic mass is 9.84. The fourth-order valence-corrected chi connectivity index (χ4v) is 4.42. The van der Waals surface area contributed by atoms with Crippen LogP contribution in [0.5, 0.6) is 11.5 Å². The lowest BCUT2D eigenvalue weighted by Gasteiger charge is -2.31. The second-order valence-electron chi connectivity index (χ2n) is 8.59. The predicted molar refractivity (Wildman–Crippen MR) is 129 cm³/mol. The summed E-state index contributed by atoms with van der Waals surface area (Å²) in [5.74, 6) is 1.28. The van der Waals surface area contributed by atoms with Crippen LogP contribution in [0.4, 0.5) is 5.69 Å². The van der Waals surface area contributed by atoms with Gasteiger partial charge in [0.2, 0.25) is 5.91 Å². The molecule has 4 bridgehead atoms. The quantitative estimate of drug-likeness (QED) is 0.417. The second-order valence-corrected chi connectivity index (χ2v) is 8.59. The SMILES string of the molecule is CC1NCCC(N)(c2cncn2C)c2cccc(c2)Oc2ccc3cccc(c3c2)NC1=O. The van der Waals surface area contributed by atoms with Crippen molar-refractivity contribution >= 4 is 22.4 Å². The number of hydrogen-bond donors (Lipinski definition) is 3. The number of nitrogens with one attached hydrogen (secondary N) is 2. The summed E-state index contributed by atoms with van der Waals surface area (Å²) in [4.78, 5) is 17.2. The summed E-state index contributed by atoms with van der Waals surface area (Å²) in [5.41, 5.74) is 8.79. The summed E-state index contributed by atoms with van der Waals surface area (Å²) in [5, 5.41) is 8.34. The lowest BCUT2D eigenvalue weighted by Crippen LogP contribution is -2.45. The highest BCUT2D eigenvalue weighted by Gasteiger charge is 2.33. The average molecular weight is 442 g/mol. The molecule has 3 aromatic carbocycles. The number of nitrogens with zero attached hydrogens (tertiary/aromatic N) is 2. The normalized spacial score (nSPS) is 21.2. The molecule has 168 valence electrons. The molecule has 0 aliphatic carbocycles. The van der Waals surface area contributed by atoms with Gasteiger partial charge in [-0.25, -0.2) is 4.98 Å². The van der Waals surface area contributed by atoms with Crippen molar-refractivity contribution in [3.05, 3.63) is 84.4 Å². The first kappa shape index (κ1) is 21.2. The molecule has 7 nitrogen and oxygen atoms in total. The molecule has 1 amide bonds. The van der Waals surface area contributed by atoms with E-state index in [1.54, 1.807) is 12.5 Å². The Balaban J connectivity index is 1.63. The summed E-state index contributed by atoms with van der Waals surface area (Å²) >= 11 is 0. The number of ether oxygens (including phenoxy) is 1. The molecule has 1 aromatic heterocycles. The van der Waals surface area contributed by atoms with Gasteiger partial charge in [0.1, 0.15) is 11.5 Å². The second kappa shape index (κ2) is 8.35. The minimum Gasteiger partial charge on any atom is -0.457 e. The largest absolute Gasteiger partial charge is 0.457 e. The molecule has 0 saturated heterocycles. The van der Waals surface area contributed by atoms with E-state index in [-0.39, 0.29) is 5.91 Å². The molecule has 2 heterocycles. The fourth-order valence-electron chi connectivity index (χ4n) is 4.42. The Labute approximate surface area is 192 Å². The highest BCUT2D eigenvalue weighted by molar-refractivity contribution is 6.04. The Morgan fingerprint density at radius 1 is 1.12 bits per heavy atom. The van der Waals surface area contributed by atoms with Crippen LogP contribution in [0.3, 0.4) is 0 Å². The molecule has 5 rings (SSSR count). The Morgan fingerprint density at radius 2 is 1.94 bits per heavy atom. The van der Waals surface area contributed by atoms with Gasteiger partial charge < -0.3 is 25.7 Å². The molecular formula is C26H27N5O2. The van der Waals surface area contributed by atoms with Gasteiger partial charge in [-0.2, -0.15) is 0 Å². The van der Waals surface area contributed by atoms with Crippen molar-refractivity contribution in [2.45, 2.75) is 24.9 Å². The van der Waals surface area contributed by atoms with Crippen LogP contribution >= 0.6 is 0 Å². The van der Waals surface area contributed by atoms with Crippen LogP contribution in [-0.2, 0) is 17.4 Å².